The Kier molecular flexibility index (Phi) is 5.20. The van der Waals surface area contributed by atoms with Crippen LogP contribution >= 0.6 is 11.8 Å². The van der Waals surface area contributed by atoms with Gasteiger partial charge in [-0.05, 0) is 43.3 Å². The summed E-state index contributed by atoms with van der Waals surface area (Å²) < 4.78 is 38.6. The maximum atomic E-state index is 12.8. The Labute approximate surface area is 132 Å². The van der Waals surface area contributed by atoms with Gasteiger partial charge in [0.1, 0.15) is 5.82 Å². The van der Waals surface area contributed by atoms with E-state index in [1.165, 1.54) is 11.8 Å². The summed E-state index contributed by atoms with van der Waals surface area (Å²) in [6, 6.07) is 11.8. The van der Waals surface area contributed by atoms with Crippen LogP contribution < -0.4 is 4.72 Å². The SMILES string of the molecule is Cc1ccc(SCC(=O)NS(=O)(=O)c2ccc(F)cc2)cc1. The third kappa shape index (κ3) is 4.57. The molecule has 0 unspecified atom stereocenters. The fourth-order valence-electron chi connectivity index (χ4n) is 1.64. The van der Waals surface area contributed by atoms with E-state index in [0.29, 0.717) is 0 Å². The molecule has 1 amide bonds. The van der Waals surface area contributed by atoms with Crippen molar-refractivity contribution in [3.63, 3.8) is 0 Å². The third-order valence-electron chi connectivity index (χ3n) is 2.76. The molecule has 0 aliphatic heterocycles. The van der Waals surface area contributed by atoms with E-state index in [1.54, 1.807) is 0 Å². The van der Waals surface area contributed by atoms with Crippen molar-refractivity contribution in [1.29, 1.82) is 0 Å². The summed E-state index contributed by atoms with van der Waals surface area (Å²) in [6.45, 7) is 1.95. The first-order chi connectivity index (χ1) is 10.4. The van der Waals surface area contributed by atoms with E-state index in [4.69, 9.17) is 0 Å². The number of amides is 1. The molecule has 0 aromatic heterocycles. The Morgan fingerprint density at radius 2 is 1.68 bits per heavy atom. The highest BCUT2D eigenvalue weighted by Crippen LogP contribution is 2.18. The van der Waals surface area contributed by atoms with Crippen molar-refractivity contribution >= 4 is 27.7 Å². The van der Waals surface area contributed by atoms with Crippen LogP contribution in [0.1, 0.15) is 5.56 Å². The highest BCUT2D eigenvalue weighted by atomic mass is 32.2. The van der Waals surface area contributed by atoms with Gasteiger partial charge in [-0.2, -0.15) is 0 Å². The Morgan fingerprint density at radius 1 is 1.09 bits per heavy atom. The molecule has 2 aromatic rings. The monoisotopic (exact) mass is 339 g/mol. The summed E-state index contributed by atoms with van der Waals surface area (Å²) in [5.41, 5.74) is 1.10. The molecule has 0 aliphatic carbocycles. The Balaban J connectivity index is 1.96. The highest BCUT2D eigenvalue weighted by Gasteiger charge is 2.17. The van der Waals surface area contributed by atoms with E-state index in [2.05, 4.69) is 0 Å². The van der Waals surface area contributed by atoms with Crippen LogP contribution in [0.15, 0.2) is 58.3 Å². The molecule has 4 nitrogen and oxygen atoms in total. The lowest BCUT2D eigenvalue weighted by Gasteiger charge is -2.07. The summed E-state index contributed by atoms with van der Waals surface area (Å²) in [6.07, 6.45) is 0. The van der Waals surface area contributed by atoms with Crippen LogP contribution in [0.5, 0.6) is 0 Å². The number of sulfonamides is 1. The van der Waals surface area contributed by atoms with Crippen LogP contribution in [0.2, 0.25) is 0 Å². The number of hydrogen-bond donors (Lipinski definition) is 1. The number of halogens is 1. The van der Waals surface area contributed by atoms with Gasteiger partial charge in [-0.25, -0.2) is 17.5 Å². The predicted molar refractivity (Wildman–Crippen MR) is 83.6 cm³/mol. The van der Waals surface area contributed by atoms with Crippen molar-refractivity contribution in [2.24, 2.45) is 0 Å². The number of benzene rings is 2. The molecule has 0 atom stereocenters. The minimum Gasteiger partial charge on any atom is -0.273 e. The summed E-state index contributed by atoms with van der Waals surface area (Å²) in [4.78, 5) is 12.5. The molecular weight excluding hydrogens is 325 g/mol. The molecule has 22 heavy (non-hydrogen) atoms. The van der Waals surface area contributed by atoms with Gasteiger partial charge in [0.05, 0.1) is 10.6 Å². The molecular formula is C15H14FNO3S2. The zero-order chi connectivity index (χ0) is 16.2. The topological polar surface area (TPSA) is 63.2 Å². The molecule has 0 spiro atoms. The molecule has 7 heteroatoms. The lowest BCUT2D eigenvalue weighted by atomic mass is 10.2. The maximum Gasteiger partial charge on any atom is 0.264 e. The molecule has 116 valence electrons. The predicted octanol–water partition coefficient (Wildman–Crippen LogP) is 2.73. The molecule has 0 aliphatic rings. The molecule has 0 saturated heterocycles. The van der Waals surface area contributed by atoms with Crippen molar-refractivity contribution in [2.75, 3.05) is 5.75 Å². The Morgan fingerprint density at radius 3 is 2.27 bits per heavy atom. The molecule has 1 N–H and O–H groups in total. The smallest absolute Gasteiger partial charge is 0.264 e. The van der Waals surface area contributed by atoms with E-state index >= 15 is 0 Å². The van der Waals surface area contributed by atoms with Gasteiger partial charge < -0.3 is 0 Å². The van der Waals surface area contributed by atoms with Crippen molar-refractivity contribution in [3.8, 4) is 0 Å². The minimum absolute atomic E-state index is 0.0243. The largest absolute Gasteiger partial charge is 0.273 e. The average Bonchev–Trinajstić information content (AvgIpc) is 2.46. The second kappa shape index (κ2) is 6.93. The second-order valence-corrected chi connectivity index (χ2v) is 7.32. The zero-order valence-electron chi connectivity index (χ0n) is 11.7. The van der Waals surface area contributed by atoms with Crippen LogP contribution in [0, 0.1) is 12.7 Å². The van der Waals surface area contributed by atoms with Crippen LogP contribution in [-0.2, 0) is 14.8 Å². The van der Waals surface area contributed by atoms with Gasteiger partial charge in [0.15, 0.2) is 0 Å². The molecule has 0 fully saturated rings. The highest BCUT2D eigenvalue weighted by molar-refractivity contribution is 8.00. The van der Waals surface area contributed by atoms with E-state index in [-0.39, 0.29) is 10.6 Å². The van der Waals surface area contributed by atoms with Gasteiger partial charge in [-0.15, -0.1) is 11.8 Å². The van der Waals surface area contributed by atoms with Crippen LogP contribution in [0.25, 0.3) is 0 Å². The second-order valence-electron chi connectivity index (χ2n) is 4.58. The number of aryl methyl sites for hydroxylation is 1. The zero-order valence-corrected chi connectivity index (χ0v) is 13.4. The molecule has 0 saturated carbocycles. The first kappa shape index (κ1) is 16.5. The third-order valence-corrected chi connectivity index (χ3v) is 5.16. The van der Waals surface area contributed by atoms with Crippen molar-refractivity contribution in [3.05, 3.63) is 59.9 Å². The van der Waals surface area contributed by atoms with Gasteiger partial charge in [-0.3, -0.25) is 4.79 Å². The molecule has 0 bridgehead atoms. The van der Waals surface area contributed by atoms with Crippen LogP contribution in [0.3, 0.4) is 0 Å². The van der Waals surface area contributed by atoms with E-state index in [9.17, 15) is 17.6 Å². The Hall–Kier alpha value is -1.86. The molecule has 0 heterocycles. The number of carbonyl (C=O) groups excluding carboxylic acids is 1. The number of carbonyl (C=O) groups is 1. The quantitative estimate of drug-likeness (QED) is 0.851. The van der Waals surface area contributed by atoms with Crippen LogP contribution in [0.4, 0.5) is 4.39 Å². The summed E-state index contributed by atoms with van der Waals surface area (Å²) in [7, 11) is -3.97. The number of hydrogen-bond acceptors (Lipinski definition) is 4. The summed E-state index contributed by atoms with van der Waals surface area (Å²) in [5.74, 6) is -1.20. The molecule has 2 rings (SSSR count). The van der Waals surface area contributed by atoms with Crippen molar-refractivity contribution < 1.29 is 17.6 Å². The normalized spacial score (nSPS) is 11.2. The fourth-order valence-corrected chi connectivity index (χ4v) is 3.41. The van der Waals surface area contributed by atoms with Gasteiger partial charge in [0.25, 0.3) is 10.0 Å². The summed E-state index contributed by atoms with van der Waals surface area (Å²) >= 11 is 1.24. The molecule has 2 aromatic carbocycles. The first-order valence-electron chi connectivity index (χ1n) is 6.37. The van der Waals surface area contributed by atoms with Gasteiger partial charge in [-0.1, -0.05) is 17.7 Å². The lowest BCUT2D eigenvalue weighted by Crippen LogP contribution is -2.31. The standard InChI is InChI=1S/C15H14FNO3S2/c1-11-2-6-13(7-3-11)21-10-15(18)17-22(19,20)14-8-4-12(16)5-9-14/h2-9H,10H2,1H3,(H,17,18). The van der Waals surface area contributed by atoms with Gasteiger partial charge >= 0.3 is 0 Å². The van der Waals surface area contributed by atoms with Gasteiger partial charge in [0, 0.05) is 4.90 Å². The Bertz CT molecular complexity index is 756. The van der Waals surface area contributed by atoms with E-state index < -0.39 is 21.7 Å². The molecule has 0 radical (unpaired) electrons. The number of rotatable bonds is 5. The first-order valence-corrected chi connectivity index (χ1v) is 8.84. The average molecular weight is 339 g/mol. The van der Waals surface area contributed by atoms with E-state index in [1.807, 2.05) is 35.9 Å². The van der Waals surface area contributed by atoms with Crippen molar-refractivity contribution in [2.45, 2.75) is 16.7 Å². The minimum atomic E-state index is -3.97. The fraction of sp³-hybridized carbons (Fsp3) is 0.133. The number of nitrogens with one attached hydrogen (secondary N) is 1. The lowest BCUT2D eigenvalue weighted by molar-refractivity contribution is -0.116. The van der Waals surface area contributed by atoms with Gasteiger partial charge in [0.2, 0.25) is 5.91 Å². The maximum absolute atomic E-state index is 12.8. The van der Waals surface area contributed by atoms with Crippen LogP contribution in [-0.4, -0.2) is 20.1 Å². The summed E-state index contributed by atoms with van der Waals surface area (Å²) in [5, 5.41) is 0. The number of thioether (sulfide) groups is 1. The van der Waals surface area contributed by atoms with E-state index in [0.717, 1.165) is 34.7 Å². The van der Waals surface area contributed by atoms with Crippen molar-refractivity contribution in [1.82, 2.24) is 4.72 Å².